The molecule has 31 aromatic rings. The Bertz CT molecular complexity index is 10500. The third-order valence-electron chi connectivity index (χ3n) is 30.7. The van der Waals surface area contributed by atoms with Crippen molar-refractivity contribution in [1.82, 2.24) is 36.5 Å². The second kappa shape index (κ2) is 33.1. The van der Waals surface area contributed by atoms with Crippen LogP contribution in [0.1, 0.15) is 0 Å². The largest absolute Gasteiger partial charge is 0.309 e. The second-order valence-electron chi connectivity index (χ2n) is 38.6. The molecule has 0 bridgehead atoms. The quantitative estimate of drug-likeness (QED) is 0.110. The summed E-state index contributed by atoms with van der Waals surface area (Å²) >= 11 is 0. The van der Waals surface area contributed by atoms with E-state index in [1.54, 1.807) is 0 Å². The lowest BCUT2D eigenvalue weighted by Gasteiger charge is -2.17. The Hall–Kier alpha value is -19.5. The van der Waals surface area contributed by atoms with Gasteiger partial charge in [0.05, 0.1) is 99.6 Å². The topological polar surface area (TPSA) is 39.4 Å². The molecule has 8 heterocycles. The standard InChI is InChI=1S/C72H46N4.C66H42N4/c1-4-18-47(19-5-1)50-32-36-53(37-33-50)73-68-39-34-51(48-20-6-2-7-21-48)42-60(68)62-44-54(38-41-69(62)73)75-70-40-35-52(49-22-8-3-9-23-49)43-61(70)63-45-55(74-64-28-14-10-24-56(64)57-25-11-15-29-65(57)74)46-71(72(63)75)76-66-30-16-12-26-58(66)59-27-13-17-31-67(59)76;1-3-17-43(18-4-1)45-31-34-47(35-32-45)67-63-37-33-46(44-19-5-2-6-20-44)39-55(63)56-40-48(36-38-64(56)67)69-60-28-14-11-25-54(60)57-41-49(68-58-26-12-7-21-50(58)51-22-8-13-27-59(51)68)42-65(66(57)69)70-61-29-15-9-23-52(61)53-24-10-16-30-62(53)70/h1-46H;1-42H. The van der Waals surface area contributed by atoms with Crippen LogP contribution in [0.15, 0.2) is 534 Å². The van der Waals surface area contributed by atoms with Gasteiger partial charge in [0.1, 0.15) is 0 Å². The van der Waals surface area contributed by atoms with Crippen LogP contribution in [-0.2, 0) is 0 Å². The van der Waals surface area contributed by atoms with E-state index in [4.69, 9.17) is 0 Å². The Balaban J connectivity index is 0.000000136. The number of aromatic nitrogens is 8. The fraction of sp³-hybridized carbons (Fsp3) is 0. The van der Waals surface area contributed by atoms with Crippen molar-refractivity contribution >= 4 is 174 Å². The molecule has 0 spiro atoms. The number of benzene rings is 23. The minimum absolute atomic E-state index is 1.09. The highest BCUT2D eigenvalue weighted by Crippen LogP contribution is 2.50. The molecule has 0 unspecified atom stereocenters. The first kappa shape index (κ1) is 82.4. The van der Waals surface area contributed by atoms with Crippen LogP contribution in [0.2, 0.25) is 0 Å². The number of rotatable bonds is 13. The van der Waals surface area contributed by atoms with Gasteiger partial charge in [-0.2, -0.15) is 0 Å². The summed E-state index contributed by atoms with van der Waals surface area (Å²) in [7, 11) is 0. The summed E-state index contributed by atoms with van der Waals surface area (Å²) in [5, 5.41) is 19.4. The van der Waals surface area contributed by atoms with E-state index < -0.39 is 0 Å². The van der Waals surface area contributed by atoms with Crippen molar-refractivity contribution in [2.45, 2.75) is 0 Å². The van der Waals surface area contributed by atoms with Gasteiger partial charge in [-0.1, -0.05) is 358 Å². The van der Waals surface area contributed by atoms with Crippen LogP contribution in [0.25, 0.3) is 276 Å². The van der Waals surface area contributed by atoms with Crippen molar-refractivity contribution in [1.29, 1.82) is 0 Å². The van der Waals surface area contributed by atoms with E-state index in [0.29, 0.717) is 0 Å². The van der Waals surface area contributed by atoms with Gasteiger partial charge in [0.15, 0.2) is 0 Å². The van der Waals surface area contributed by atoms with Crippen LogP contribution in [0, 0.1) is 0 Å². The van der Waals surface area contributed by atoms with Crippen molar-refractivity contribution in [2.75, 3.05) is 0 Å². The summed E-state index contributed by atoms with van der Waals surface area (Å²) < 4.78 is 19.9. The molecular weight excluding hydrogens is 1770 g/mol. The molecule has 0 fully saturated rings. The van der Waals surface area contributed by atoms with E-state index in [-0.39, 0.29) is 0 Å². The maximum atomic E-state index is 2.55. The highest BCUT2D eigenvalue weighted by atomic mass is 15.1. The van der Waals surface area contributed by atoms with Gasteiger partial charge >= 0.3 is 0 Å². The zero-order valence-corrected chi connectivity index (χ0v) is 79.4. The zero-order valence-electron chi connectivity index (χ0n) is 79.4. The molecule has 0 aliphatic carbocycles. The van der Waals surface area contributed by atoms with Gasteiger partial charge in [0, 0.05) is 120 Å². The Kier molecular flexibility index (Phi) is 18.6. The molecule has 8 aromatic heterocycles. The fourth-order valence-electron chi connectivity index (χ4n) is 24.2. The Morgan fingerprint density at radius 3 is 0.548 bits per heavy atom. The van der Waals surface area contributed by atoms with Crippen LogP contribution in [-0.4, -0.2) is 36.5 Å². The lowest BCUT2D eigenvalue weighted by molar-refractivity contribution is 1.11. The van der Waals surface area contributed by atoms with Crippen LogP contribution >= 0.6 is 0 Å². The van der Waals surface area contributed by atoms with Crippen molar-refractivity contribution < 1.29 is 0 Å². The Morgan fingerprint density at radius 1 is 0.0890 bits per heavy atom. The molecule has 0 amide bonds. The molecule has 23 aromatic carbocycles. The van der Waals surface area contributed by atoms with Crippen molar-refractivity contribution in [3.8, 4) is 101 Å². The van der Waals surface area contributed by atoms with E-state index in [1.165, 1.54) is 180 Å². The maximum Gasteiger partial charge on any atom is 0.0784 e. The predicted molar refractivity (Wildman–Crippen MR) is 615 cm³/mol. The van der Waals surface area contributed by atoms with Gasteiger partial charge in [-0.15, -0.1) is 0 Å². The fourth-order valence-corrected chi connectivity index (χ4v) is 24.2. The van der Waals surface area contributed by atoms with Crippen LogP contribution in [0.4, 0.5) is 0 Å². The highest BCUT2D eigenvalue weighted by Gasteiger charge is 2.29. The molecule has 0 aliphatic heterocycles. The predicted octanol–water partition coefficient (Wildman–Crippen LogP) is 36.5. The molecular formula is C138H88N8. The third kappa shape index (κ3) is 12.8. The first-order valence-electron chi connectivity index (χ1n) is 50.3. The molecule has 0 atom stereocenters. The number of hydrogen-bond acceptors (Lipinski definition) is 0. The third-order valence-corrected chi connectivity index (χ3v) is 30.7. The van der Waals surface area contributed by atoms with Gasteiger partial charge in [-0.25, -0.2) is 0 Å². The molecule has 31 rings (SSSR count). The molecule has 0 saturated carbocycles. The van der Waals surface area contributed by atoms with Gasteiger partial charge in [-0.3, -0.25) is 0 Å². The Morgan fingerprint density at radius 2 is 0.260 bits per heavy atom. The summed E-state index contributed by atoms with van der Waals surface area (Å²) in [5.74, 6) is 0. The summed E-state index contributed by atoms with van der Waals surface area (Å²) in [5.41, 5.74) is 39.5. The Labute approximate surface area is 839 Å². The first-order valence-corrected chi connectivity index (χ1v) is 50.3. The second-order valence-corrected chi connectivity index (χ2v) is 38.6. The minimum atomic E-state index is 1.09. The normalized spacial score (nSPS) is 12.0. The zero-order chi connectivity index (χ0) is 95.7. The number of nitrogens with zero attached hydrogens (tertiary/aromatic N) is 8. The summed E-state index contributed by atoms with van der Waals surface area (Å²) in [6.07, 6.45) is 0. The van der Waals surface area contributed by atoms with Crippen LogP contribution in [0.3, 0.4) is 0 Å². The molecule has 146 heavy (non-hydrogen) atoms. The van der Waals surface area contributed by atoms with Crippen molar-refractivity contribution in [3.63, 3.8) is 0 Å². The van der Waals surface area contributed by atoms with E-state index in [2.05, 4.69) is 570 Å². The van der Waals surface area contributed by atoms with Crippen molar-refractivity contribution in [3.05, 3.63) is 534 Å². The first-order chi connectivity index (χ1) is 72.5. The monoisotopic (exact) mass is 1860 g/mol. The number of para-hydroxylation sites is 9. The SMILES string of the molecule is c1ccc(-c2ccc(-n3c4ccc(-c5ccccc5)cc4c4cc(-n5c6ccc(-c7ccccc7)cc6c6cc(-n7c8ccccc8c8ccccc87)cc(-n7c8ccccc8c8ccccc87)c65)ccc43)cc2)cc1.c1ccc(-c2ccc(-n3c4ccc(-c5ccccc5)cc4c4cc(-n5c6ccccc6c6cc(-n7c8ccccc8c8ccccc87)cc(-n7c8ccccc8c8ccccc87)c65)ccc43)cc2)cc1. The van der Waals surface area contributed by atoms with E-state index in [9.17, 15) is 0 Å². The minimum Gasteiger partial charge on any atom is -0.309 e. The maximum absolute atomic E-state index is 2.55. The lowest BCUT2D eigenvalue weighted by Crippen LogP contribution is -2.03. The molecule has 0 N–H and O–H groups in total. The van der Waals surface area contributed by atoms with E-state index >= 15 is 0 Å². The van der Waals surface area contributed by atoms with Gasteiger partial charge in [-0.05, 0) is 232 Å². The smallest absolute Gasteiger partial charge is 0.0784 e. The number of fused-ring (bicyclic) bond motifs is 24. The average Bonchev–Trinajstić information content (AvgIpc) is 1.54. The molecule has 0 aliphatic rings. The molecule has 8 nitrogen and oxygen atoms in total. The molecule has 680 valence electrons. The highest BCUT2D eigenvalue weighted by molar-refractivity contribution is 6.22. The average molecular weight is 1860 g/mol. The molecule has 0 saturated heterocycles. The summed E-state index contributed by atoms with van der Waals surface area (Å²) in [4.78, 5) is 0. The summed E-state index contributed by atoms with van der Waals surface area (Å²) in [6.45, 7) is 0. The molecule has 0 radical (unpaired) electrons. The molecule has 8 heteroatoms. The van der Waals surface area contributed by atoms with Gasteiger partial charge in [0.25, 0.3) is 0 Å². The van der Waals surface area contributed by atoms with E-state index in [1.807, 2.05) is 0 Å². The van der Waals surface area contributed by atoms with Gasteiger partial charge < -0.3 is 36.5 Å². The lowest BCUT2D eigenvalue weighted by atomic mass is 10.0. The van der Waals surface area contributed by atoms with E-state index in [0.717, 1.165) is 95.1 Å². The van der Waals surface area contributed by atoms with Gasteiger partial charge in [0.2, 0.25) is 0 Å². The number of hydrogen-bond donors (Lipinski definition) is 0. The van der Waals surface area contributed by atoms with Crippen LogP contribution < -0.4 is 0 Å². The summed E-state index contributed by atoms with van der Waals surface area (Å²) in [6, 6.07) is 196. The van der Waals surface area contributed by atoms with Crippen LogP contribution in [0.5, 0.6) is 0 Å². The van der Waals surface area contributed by atoms with Crippen molar-refractivity contribution in [2.24, 2.45) is 0 Å².